The summed E-state index contributed by atoms with van der Waals surface area (Å²) >= 11 is 0. The molecule has 0 spiro atoms. The van der Waals surface area contributed by atoms with Crippen LogP contribution in [0.3, 0.4) is 0 Å². The predicted octanol–water partition coefficient (Wildman–Crippen LogP) is 2.43. The van der Waals surface area contributed by atoms with Crippen molar-refractivity contribution in [2.45, 2.75) is 32.6 Å². The van der Waals surface area contributed by atoms with E-state index in [1.807, 2.05) is 11.8 Å². The maximum Gasteiger partial charge on any atom is 0.224 e. The van der Waals surface area contributed by atoms with Crippen LogP contribution in [0.1, 0.15) is 32.6 Å². The summed E-state index contributed by atoms with van der Waals surface area (Å²) in [6.07, 6.45) is 5.93. The Kier molecular flexibility index (Phi) is 4.12. The summed E-state index contributed by atoms with van der Waals surface area (Å²) in [4.78, 5) is 10.2. The van der Waals surface area contributed by atoms with E-state index in [1.165, 1.54) is 19.0 Å². The van der Waals surface area contributed by atoms with E-state index in [0.717, 1.165) is 32.5 Å². The number of nitrogens with one attached hydrogen (secondary N) is 1. The topological polar surface area (TPSA) is 41.1 Å². The highest BCUT2D eigenvalue weighted by Gasteiger charge is 2.16. The van der Waals surface area contributed by atoms with Crippen LogP contribution in [0.5, 0.6) is 0 Å². The predicted molar refractivity (Wildman–Crippen MR) is 66.8 cm³/mol. The first-order valence-corrected chi connectivity index (χ1v) is 6.32. The third kappa shape index (κ3) is 3.05. The van der Waals surface area contributed by atoms with Crippen LogP contribution in [0.4, 0.5) is 16.2 Å². The summed E-state index contributed by atoms with van der Waals surface area (Å²) < 4.78 is 13.7. The zero-order valence-corrected chi connectivity index (χ0v) is 10.2. The largest absolute Gasteiger partial charge is 0.354 e. The van der Waals surface area contributed by atoms with Crippen molar-refractivity contribution in [2.75, 3.05) is 29.9 Å². The van der Waals surface area contributed by atoms with Gasteiger partial charge in [-0.15, -0.1) is 0 Å². The lowest BCUT2D eigenvalue weighted by Gasteiger charge is -2.22. The molecule has 1 aliphatic heterocycles. The molecule has 1 aromatic heterocycles. The van der Waals surface area contributed by atoms with Crippen molar-refractivity contribution >= 4 is 11.8 Å². The van der Waals surface area contributed by atoms with Crippen molar-refractivity contribution in [3.63, 3.8) is 0 Å². The van der Waals surface area contributed by atoms with E-state index in [1.54, 1.807) is 0 Å². The quantitative estimate of drug-likeness (QED) is 0.878. The van der Waals surface area contributed by atoms with Gasteiger partial charge in [0.05, 0.1) is 6.20 Å². The van der Waals surface area contributed by atoms with Gasteiger partial charge in [0.2, 0.25) is 5.95 Å². The Balaban J connectivity index is 2.19. The number of nitrogens with zero attached hydrogens (tertiary/aromatic N) is 3. The Bertz CT molecular complexity index is 362. The fourth-order valence-corrected chi connectivity index (χ4v) is 2.11. The molecule has 0 unspecified atom stereocenters. The zero-order valence-electron chi connectivity index (χ0n) is 10.2. The molecule has 0 aromatic carbocycles. The van der Waals surface area contributed by atoms with Gasteiger partial charge in [-0.2, -0.15) is 4.98 Å². The number of rotatable bonds is 3. The van der Waals surface area contributed by atoms with E-state index in [9.17, 15) is 4.39 Å². The lowest BCUT2D eigenvalue weighted by atomic mass is 10.2. The molecule has 1 N–H and O–H groups in total. The smallest absolute Gasteiger partial charge is 0.224 e. The Morgan fingerprint density at radius 2 is 2.00 bits per heavy atom. The van der Waals surface area contributed by atoms with E-state index >= 15 is 0 Å². The molecule has 0 aliphatic carbocycles. The average molecular weight is 238 g/mol. The third-order valence-electron chi connectivity index (χ3n) is 2.97. The van der Waals surface area contributed by atoms with Gasteiger partial charge in [-0.3, -0.25) is 0 Å². The first-order chi connectivity index (χ1) is 8.31. The highest BCUT2D eigenvalue weighted by Crippen LogP contribution is 2.21. The van der Waals surface area contributed by atoms with E-state index < -0.39 is 0 Å². The van der Waals surface area contributed by atoms with Crippen molar-refractivity contribution < 1.29 is 4.39 Å². The Hall–Kier alpha value is -1.39. The molecule has 94 valence electrons. The van der Waals surface area contributed by atoms with Crippen LogP contribution in [-0.2, 0) is 0 Å². The van der Waals surface area contributed by atoms with Gasteiger partial charge in [-0.25, -0.2) is 9.37 Å². The number of hydrogen-bond donors (Lipinski definition) is 1. The first kappa shape index (κ1) is 12.1. The highest BCUT2D eigenvalue weighted by molar-refractivity contribution is 5.43. The van der Waals surface area contributed by atoms with E-state index in [-0.39, 0.29) is 5.82 Å². The standard InChI is InChI=1S/C12H19FN4/c1-2-14-12-15-9-10(13)11(16-12)17-7-5-3-4-6-8-17/h9H,2-8H2,1H3,(H,14,15,16). The van der Waals surface area contributed by atoms with Gasteiger partial charge in [-0.05, 0) is 19.8 Å². The number of aromatic nitrogens is 2. The maximum atomic E-state index is 13.7. The summed E-state index contributed by atoms with van der Waals surface area (Å²) in [5.74, 6) is 0.625. The zero-order chi connectivity index (χ0) is 12.1. The molecule has 1 fully saturated rings. The molecule has 4 nitrogen and oxygen atoms in total. The monoisotopic (exact) mass is 238 g/mol. The highest BCUT2D eigenvalue weighted by atomic mass is 19.1. The molecular weight excluding hydrogens is 219 g/mol. The van der Waals surface area contributed by atoms with Gasteiger partial charge >= 0.3 is 0 Å². The molecule has 2 rings (SSSR count). The Morgan fingerprint density at radius 3 is 2.65 bits per heavy atom. The van der Waals surface area contributed by atoms with Gasteiger partial charge in [0, 0.05) is 19.6 Å². The van der Waals surface area contributed by atoms with Gasteiger partial charge in [0.15, 0.2) is 11.6 Å². The first-order valence-electron chi connectivity index (χ1n) is 6.32. The van der Waals surface area contributed by atoms with Gasteiger partial charge in [-0.1, -0.05) is 12.8 Å². The molecule has 0 atom stereocenters. The van der Waals surface area contributed by atoms with E-state index in [2.05, 4.69) is 15.3 Å². The van der Waals surface area contributed by atoms with Crippen LogP contribution in [0, 0.1) is 5.82 Å². The molecule has 1 saturated heterocycles. The number of hydrogen-bond acceptors (Lipinski definition) is 4. The third-order valence-corrected chi connectivity index (χ3v) is 2.97. The minimum atomic E-state index is -0.325. The summed E-state index contributed by atoms with van der Waals surface area (Å²) in [5.41, 5.74) is 0. The molecular formula is C12H19FN4. The van der Waals surface area contributed by atoms with Crippen molar-refractivity contribution in [1.82, 2.24) is 9.97 Å². The molecule has 0 saturated carbocycles. The second-order valence-corrected chi connectivity index (χ2v) is 4.30. The van der Waals surface area contributed by atoms with E-state index in [0.29, 0.717) is 11.8 Å². The number of anilines is 2. The fourth-order valence-electron chi connectivity index (χ4n) is 2.11. The van der Waals surface area contributed by atoms with Crippen molar-refractivity contribution in [3.05, 3.63) is 12.0 Å². The summed E-state index contributed by atoms with van der Waals surface area (Å²) in [5, 5.41) is 3.01. The second-order valence-electron chi connectivity index (χ2n) is 4.30. The van der Waals surface area contributed by atoms with Gasteiger partial charge in [0.25, 0.3) is 0 Å². The molecule has 0 radical (unpaired) electrons. The number of halogens is 1. The van der Waals surface area contributed by atoms with Crippen LogP contribution in [0.2, 0.25) is 0 Å². The van der Waals surface area contributed by atoms with Crippen LogP contribution < -0.4 is 10.2 Å². The lowest BCUT2D eigenvalue weighted by molar-refractivity contribution is 0.601. The molecule has 1 aromatic rings. The van der Waals surface area contributed by atoms with Gasteiger partial charge in [0.1, 0.15) is 0 Å². The average Bonchev–Trinajstić information content (AvgIpc) is 2.60. The normalized spacial score (nSPS) is 16.7. The molecule has 17 heavy (non-hydrogen) atoms. The summed E-state index contributed by atoms with van der Waals surface area (Å²) in [6, 6.07) is 0. The minimum absolute atomic E-state index is 0.325. The molecule has 1 aliphatic rings. The molecule has 0 bridgehead atoms. The summed E-state index contributed by atoms with van der Waals surface area (Å²) in [7, 11) is 0. The second kappa shape index (κ2) is 5.80. The molecule has 5 heteroatoms. The molecule has 0 amide bonds. The van der Waals surface area contributed by atoms with Crippen molar-refractivity contribution in [3.8, 4) is 0 Å². The van der Waals surface area contributed by atoms with Crippen molar-refractivity contribution in [2.24, 2.45) is 0 Å². The van der Waals surface area contributed by atoms with Crippen LogP contribution in [0.25, 0.3) is 0 Å². The van der Waals surface area contributed by atoms with Gasteiger partial charge < -0.3 is 10.2 Å². The Labute approximate surface area is 101 Å². The Morgan fingerprint density at radius 1 is 1.29 bits per heavy atom. The van der Waals surface area contributed by atoms with Crippen LogP contribution in [0.15, 0.2) is 6.20 Å². The lowest BCUT2D eigenvalue weighted by Crippen LogP contribution is -2.26. The minimum Gasteiger partial charge on any atom is -0.354 e. The molecule has 2 heterocycles. The van der Waals surface area contributed by atoms with Crippen LogP contribution in [-0.4, -0.2) is 29.6 Å². The SMILES string of the molecule is CCNc1ncc(F)c(N2CCCCCC2)n1. The fraction of sp³-hybridized carbons (Fsp3) is 0.667. The summed E-state index contributed by atoms with van der Waals surface area (Å²) in [6.45, 7) is 4.49. The van der Waals surface area contributed by atoms with Crippen molar-refractivity contribution in [1.29, 1.82) is 0 Å². The maximum absolute atomic E-state index is 13.7. The van der Waals surface area contributed by atoms with E-state index in [4.69, 9.17) is 0 Å². The van der Waals surface area contributed by atoms with Crippen LogP contribution >= 0.6 is 0 Å².